The van der Waals surface area contributed by atoms with E-state index in [1.54, 1.807) is 12.1 Å². The van der Waals surface area contributed by atoms with Crippen LogP contribution in [0.1, 0.15) is 12.5 Å². The normalized spacial score (nSPS) is 12.4. The molecule has 7 heteroatoms. The van der Waals surface area contributed by atoms with Gasteiger partial charge in [-0.05, 0) is 43.3 Å². The summed E-state index contributed by atoms with van der Waals surface area (Å²) in [6.45, 7) is 1.81. The van der Waals surface area contributed by atoms with E-state index < -0.39 is 0 Å². The number of nitrogens with one attached hydrogen (secondary N) is 1. The molecule has 1 heterocycles. The third kappa shape index (κ3) is 4.75. The van der Waals surface area contributed by atoms with Crippen molar-refractivity contribution in [3.63, 3.8) is 0 Å². The Labute approximate surface area is 165 Å². The molecule has 0 radical (unpaired) electrons. The molecule has 0 bridgehead atoms. The minimum Gasteiger partial charge on any atom is -0.272 e. The summed E-state index contributed by atoms with van der Waals surface area (Å²) in [5.74, 6) is -0.203. The van der Waals surface area contributed by atoms with Crippen molar-refractivity contribution in [2.75, 3.05) is 0 Å². The maximum atomic E-state index is 12.2. The topological polar surface area (TPSA) is 54.4 Å². The Bertz CT molecular complexity index is 961. The van der Waals surface area contributed by atoms with E-state index in [2.05, 4.69) is 15.5 Å². The monoisotopic (exact) mass is 403 g/mol. The average molecular weight is 404 g/mol. The van der Waals surface area contributed by atoms with Crippen LogP contribution >= 0.6 is 35.0 Å². The van der Waals surface area contributed by atoms with Crippen molar-refractivity contribution < 1.29 is 4.79 Å². The smallest absolute Gasteiger partial charge is 0.253 e. The number of thioether (sulfide) groups is 1. The van der Waals surface area contributed by atoms with Gasteiger partial charge in [-0.2, -0.15) is 5.10 Å². The second-order valence-electron chi connectivity index (χ2n) is 5.51. The molecule has 3 aromatic rings. The number of halogens is 2. The molecule has 3 rings (SSSR count). The van der Waals surface area contributed by atoms with Crippen LogP contribution in [0.4, 0.5) is 0 Å². The fourth-order valence-corrected chi connectivity index (χ4v) is 3.41. The standard InChI is InChI=1S/C19H15Cl2N3OS/c1-12(26-16-8-6-15(20)7-9-16)19(25)24-22-11-14-10-13-4-2-3-5-17(13)23-18(14)21/h2-12H,1H3,(H,24,25)/b22-11-/t12-/m0/s1. The van der Waals surface area contributed by atoms with Crippen LogP contribution < -0.4 is 5.43 Å². The van der Waals surface area contributed by atoms with E-state index in [-0.39, 0.29) is 11.2 Å². The Morgan fingerprint density at radius 3 is 2.69 bits per heavy atom. The Hall–Kier alpha value is -2.08. The highest BCUT2D eigenvalue weighted by Gasteiger charge is 2.13. The quantitative estimate of drug-likeness (QED) is 0.276. The number of fused-ring (bicyclic) bond motifs is 1. The average Bonchev–Trinajstić information content (AvgIpc) is 2.63. The lowest BCUT2D eigenvalue weighted by atomic mass is 10.2. The van der Waals surface area contributed by atoms with Gasteiger partial charge in [-0.15, -0.1) is 11.8 Å². The zero-order chi connectivity index (χ0) is 18.5. The fraction of sp³-hybridized carbons (Fsp3) is 0.105. The largest absolute Gasteiger partial charge is 0.272 e. The molecule has 1 amide bonds. The van der Waals surface area contributed by atoms with Crippen LogP contribution in [0, 0.1) is 0 Å². The molecule has 0 aliphatic carbocycles. The van der Waals surface area contributed by atoms with Gasteiger partial charge in [-0.25, -0.2) is 10.4 Å². The number of pyridine rings is 1. The molecule has 0 saturated carbocycles. The highest BCUT2D eigenvalue weighted by molar-refractivity contribution is 8.00. The number of hydrogen-bond acceptors (Lipinski definition) is 4. The highest BCUT2D eigenvalue weighted by Crippen LogP contribution is 2.24. The van der Waals surface area contributed by atoms with E-state index in [9.17, 15) is 4.79 Å². The van der Waals surface area contributed by atoms with Crippen molar-refractivity contribution in [3.05, 3.63) is 70.3 Å². The first-order valence-electron chi connectivity index (χ1n) is 7.83. The van der Waals surface area contributed by atoms with E-state index >= 15 is 0 Å². The van der Waals surface area contributed by atoms with Gasteiger partial charge in [-0.1, -0.05) is 41.4 Å². The molecule has 0 spiro atoms. The van der Waals surface area contributed by atoms with E-state index in [0.717, 1.165) is 15.8 Å². The van der Waals surface area contributed by atoms with Gasteiger partial charge in [0.15, 0.2) is 0 Å². The molecule has 26 heavy (non-hydrogen) atoms. The molecule has 0 unspecified atom stereocenters. The fourth-order valence-electron chi connectivity index (χ4n) is 2.23. The Morgan fingerprint density at radius 1 is 1.19 bits per heavy atom. The lowest BCUT2D eigenvalue weighted by molar-refractivity contribution is -0.120. The Balaban J connectivity index is 1.63. The molecule has 2 aromatic carbocycles. The summed E-state index contributed by atoms with van der Waals surface area (Å²) < 4.78 is 0. The summed E-state index contributed by atoms with van der Waals surface area (Å²) in [6.07, 6.45) is 1.50. The first-order chi connectivity index (χ1) is 12.5. The van der Waals surface area contributed by atoms with Gasteiger partial charge in [0.05, 0.1) is 17.0 Å². The number of rotatable bonds is 5. The molecule has 0 saturated heterocycles. The van der Waals surface area contributed by atoms with Crippen LogP contribution in [0.25, 0.3) is 10.9 Å². The zero-order valence-corrected chi connectivity index (χ0v) is 16.1. The maximum Gasteiger partial charge on any atom is 0.253 e. The molecule has 0 aliphatic rings. The van der Waals surface area contributed by atoms with Crippen molar-refractivity contribution in [2.24, 2.45) is 5.10 Å². The molecular weight excluding hydrogens is 389 g/mol. The Morgan fingerprint density at radius 2 is 1.92 bits per heavy atom. The number of amides is 1. The molecule has 1 atom stereocenters. The van der Waals surface area contributed by atoms with E-state index in [1.165, 1.54) is 18.0 Å². The first kappa shape index (κ1) is 18.7. The zero-order valence-electron chi connectivity index (χ0n) is 13.8. The van der Waals surface area contributed by atoms with Crippen molar-refractivity contribution in [1.82, 2.24) is 10.4 Å². The van der Waals surface area contributed by atoms with Crippen molar-refractivity contribution in [2.45, 2.75) is 17.1 Å². The number of hydrazone groups is 1. The molecular formula is C19H15Cl2N3OS. The number of hydrogen-bond donors (Lipinski definition) is 1. The Kier molecular flexibility index (Phi) is 6.14. The summed E-state index contributed by atoms with van der Waals surface area (Å²) in [7, 11) is 0. The van der Waals surface area contributed by atoms with Crippen LogP contribution in [0.15, 0.2) is 64.6 Å². The summed E-state index contributed by atoms with van der Waals surface area (Å²) in [5, 5.41) is 5.65. The molecule has 4 nitrogen and oxygen atoms in total. The van der Waals surface area contributed by atoms with Crippen LogP contribution in [0.2, 0.25) is 10.2 Å². The van der Waals surface area contributed by atoms with Crippen molar-refractivity contribution in [1.29, 1.82) is 0 Å². The van der Waals surface area contributed by atoms with E-state index in [4.69, 9.17) is 23.2 Å². The summed E-state index contributed by atoms with van der Waals surface area (Å²) in [5.41, 5.74) is 3.99. The second-order valence-corrected chi connectivity index (χ2v) is 7.72. The number of carbonyl (C=O) groups is 1. The first-order valence-corrected chi connectivity index (χ1v) is 9.47. The molecule has 0 aliphatic heterocycles. The number of nitrogens with zero attached hydrogens (tertiary/aromatic N) is 2. The minimum atomic E-state index is -0.307. The predicted molar refractivity (Wildman–Crippen MR) is 109 cm³/mol. The second kappa shape index (κ2) is 8.54. The van der Waals surface area contributed by atoms with E-state index in [1.807, 2.05) is 49.4 Å². The SMILES string of the molecule is C[C@H](Sc1ccc(Cl)cc1)C(=O)N/N=C\c1cc2ccccc2nc1Cl. The van der Waals surface area contributed by atoms with Gasteiger partial charge < -0.3 is 0 Å². The molecule has 1 aromatic heterocycles. The van der Waals surface area contributed by atoms with Gasteiger partial charge in [-0.3, -0.25) is 4.79 Å². The summed E-state index contributed by atoms with van der Waals surface area (Å²) in [4.78, 5) is 17.5. The lowest BCUT2D eigenvalue weighted by Gasteiger charge is -2.09. The van der Waals surface area contributed by atoms with Gasteiger partial charge in [0.1, 0.15) is 5.15 Å². The van der Waals surface area contributed by atoms with Gasteiger partial charge in [0.25, 0.3) is 5.91 Å². The highest BCUT2D eigenvalue weighted by atomic mass is 35.5. The lowest BCUT2D eigenvalue weighted by Crippen LogP contribution is -2.26. The van der Waals surface area contributed by atoms with Crippen LogP contribution in [0.3, 0.4) is 0 Å². The maximum absolute atomic E-state index is 12.2. The minimum absolute atomic E-state index is 0.203. The summed E-state index contributed by atoms with van der Waals surface area (Å²) in [6, 6.07) is 16.9. The number of para-hydroxylation sites is 1. The third-order valence-electron chi connectivity index (χ3n) is 3.58. The van der Waals surface area contributed by atoms with Crippen molar-refractivity contribution in [3.8, 4) is 0 Å². The molecule has 1 N–H and O–H groups in total. The summed E-state index contributed by atoms with van der Waals surface area (Å²) >= 11 is 13.5. The van der Waals surface area contributed by atoms with E-state index in [0.29, 0.717) is 15.7 Å². The predicted octanol–water partition coefficient (Wildman–Crippen LogP) is 5.17. The van der Waals surface area contributed by atoms with Crippen molar-refractivity contribution >= 4 is 58.0 Å². The molecule has 132 valence electrons. The van der Waals surface area contributed by atoms with Crippen LogP contribution in [-0.2, 0) is 4.79 Å². The van der Waals surface area contributed by atoms with Gasteiger partial charge >= 0.3 is 0 Å². The molecule has 0 fully saturated rings. The van der Waals surface area contributed by atoms with Gasteiger partial charge in [0.2, 0.25) is 0 Å². The van der Waals surface area contributed by atoms with Crippen LogP contribution in [-0.4, -0.2) is 22.4 Å². The third-order valence-corrected chi connectivity index (χ3v) is 5.25. The number of carbonyl (C=O) groups excluding carboxylic acids is 1. The number of aromatic nitrogens is 1. The number of benzene rings is 2. The van der Waals surface area contributed by atoms with Gasteiger partial charge in [0, 0.05) is 20.9 Å². The van der Waals surface area contributed by atoms with Crippen LogP contribution in [0.5, 0.6) is 0 Å².